The summed E-state index contributed by atoms with van der Waals surface area (Å²) in [7, 11) is 0. The molecule has 1 aromatic carbocycles. The van der Waals surface area contributed by atoms with Crippen molar-refractivity contribution in [3.8, 4) is 5.75 Å². The number of imidazole rings is 1. The molecule has 7 nitrogen and oxygen atoms in total. The minimum absolute atomic E-state index is 0.385. The SMILES string of the molecule is CC(C)N1CCCN(c2nc3c(OC(N)=O)cccc3[nH]2)CC1. The van der Waals surface area contributed by atoms with Gasteiger partial charge in [-0.3, -0.25) is 4.90 Å². The first-order valence-electron chi connectivity index (χ1n) is 7.99. The number of H-pyrrole nitrogens is 1. The number of carbonyl (C=O) groups excluding carboxylic acids is 1. The second-order valence-electron chi connectivity index (χ2n) is 6.10. The number of benzene rings is 1. The van der Waals surface area contributed by atoms with Crippen LogP contribution < -0.4 is 15.4 Å². The Bertz CT molecular complexity index is 697. The monoisotopic (exact) mass is 317 g/mol. The highest BCUT2D eigenvalue weighted by molar-refractivity contribution is 5.86. The number of fused-ring (bicyclic) bond motifs is 1. The van der Waals surface area contributed by atoms with Gasteiger partial charge in [0.25, 0.3) is 0 Å². The number of ether oxygens (including phenoxy) is 1. The molecule has 1 saturated heterocycles. The van der Waals surface area contributed by atoms with Crippen LogP contribution in [0, 0.1) is 0 Å². The van der Waals surface area contributed by atoms with E-state index >= 15 is 0 Å². The minimum atomic E-state index is -0.829. The van der Waals surface area contributed by atoms with Crippen LogP contribution in [0.2, 0.25) is 0 Å². The number of hydrogen-bond donors (Lipinski definition) is 2. The Balaban J connectivity index is 1.84. The highest BCUT2D eigenvalue weighted by atomic mass is 16.5. The van der Waals surface area contributed by atoms with E-state index in [1.54, 1.807) is 6.07 Å². The van der Waals surface area contributed by atoms with E-state index < -0.39 is 6.09 Å². The van der Waals surface area contributed by atoms with Crippen molar-refractivity contribution in [2.75, 3.05) is 31.1 Å². The second kappa shape index (κ2) is 6.45. The zero-order valence-corrected chi connectivity index (χ0v) is 13.6. The molecule has 0 aliphatic carbocycles. The highest BCUT2D eigenvalue weighted by Crippen LogP contribution is 2.26. The Kier molecular flexibility index (Phi) is 4.38. The van der Waals surface area contributed by atoms with E-state index in [1.165, 1.54) is 0 Å². The normalized spacial score (nSPS) is 16.7. The average molecular weight is 317 g/mol. The van der Waals surface area contributed by atoms with Crippen molar-refractivity contribution in [1.29, 1.82) is 0 Å². The Morgan fingerprint density at radius 2 is 2.13 bits per heavy atom. The van der Waals surface area contributed by atoms with Gasteiger partial charge in [-0.25, -0.2) is 9.78 Å². The summed E-state index contributed by atoms with van der Waals surface area (Å²) in [5.41, 5.74) is 6.58. The Labute approximate surface area is 135 Å². The third kappa shape index (κ3) is 3.39. The number of primary amides is 1. The first-order valence-corrected chi connectivity index (χ1v) is 7.99. The van der Waals surface area contributed by atoms with E-state index in [2.05, 4.69) is 33.6 Å². The zero-order chi connectivity index (χ0) is 16.4. The molecule has 0 atom stereocenters. The molecule has 7 heteroatoms. The molecule has 0 unspecified atom stereocenters. The second-order valence-corrected chi connectivity index (χ2v) is 6.10. The average Bonchev–Trinajstić information content (AvgIpc) is 2.77. The number of carbonyl (C=O) groups is 1. The maximum absolute atomic E-state index is 11.0. The molecule has 3 N–H and O–H groups in total. The highest BCUT2D eigenvalue weighted by Gasteiger charge is 2.20. The lowest BCUT2D eigenvalue weighted by Crippen LogP contribution is -2.35. The topological polar surface area (TPSA) is 87.5 Å². The lowest BCUT2D eigenvalue weighted by Gasteiger charge is -2.24. The largest absolute Gasteiger partial charge is 0.410 e. The number of hydrogen-bond acceptors (Lipinski definition) is 5. The molecule has 1 aliphatic rings. The van der Waals surface area contributed by atoms with Crippen molar-refractivity contribution < 1.29 is 9.53 Å². The van der Waals surface area contributed by atoms with Crippen LogP contribution in [-0.4, -0.2) is 53.2 Å². The van der Waals surface area contributed by atoms with Gasteiger partial charge < -0.3 is 20.4 Å². The fraction of sp³-hybridized carbons (Fsp3) is 0.500. The maximum atomic E-state index is 11.0. The lowest BCUT2D eigenvalue weighted by atomic mass is 10.3. The van der Waals surface area contributed by atoms with Crippen LogP contribution >= 0.6 is 0 Å². The van der Waals surface area contributed by atoms with Gasteiger partial charge in [0.05, 0.1) is 5.52 Å². The van der Waals surface area contributed by atoms with Crippen molar-refractivity contribution in [3.63, 3.8) is 0 Å². The van der Waals surface area contributed by atoms with Crippen molar-refractivity contribution in [2.45, 2.75) is 26.3 Å². The summed E-state index contributed by atoms with van der Waals surface area (Å²) in [5.74, 6) is 1.20. The number of para-hydroxylation sites is 1. The number of nitrogens with zero attached hydrogens (tertiary/aromatic N) is 3. The zero-order valence-electron chi connectivity index (χ0n) is 13.6. The van der Waals surface area contributed by atoms with Gasteiger partial charge in [0, 0.05) is 32.2 Å². The summed E-state index contributed by atoms with van der Waals surface area (Å²) in [6.45, 7) is 8.44. The molecule has 2 aromatic rings. The predicted molar refractivity (Wildman–Crippen MR) is 89.8 cm³/mol. The van der Waals surface area contributed by atoms with E-state index in [1.807, 2.05) is 12.1 Å². The van der Waals surface area contributed by atoms with Crippen LogP contribution in [0.3, 0.4) is 0 Å². The van der Waals surface area contributed by atoms with Crippen LogP contribution in [0.1, 0.15) is 20.3 Å². The van der Waals surface area contributed by atoms with Crippen molar-refractivity contribution in [1.82, 2.24) is 14.9 Å². The minimum Gasteiger partial charge on any atom is -0.408 e. The summed E-state index contributed by atoms with van der Waals surface area (Å²) < 4.78 is 5.03. The van der Waals surface area contributed by atoms with Crippen molar-refractivity contribution >= 4 is 23.1 Å². The molecule has 1 aromatic heterocycles. The van der Waals surface area contributed by atoms with Crippen LogP contribution in [-0.2, 0) is 0 Å². The lowest BCUT2D eigenvalue weighted by molar-refractivity contribution is 0.211. The predicted octanol–water partition coefficient (Wildman–Crippen LogP) is 1.94. The quantitative estimate of drug-likeness (QED) is 0.903. The first-order chi connectivity index (χ1) is 11.0. The number of nitrogens with two attached hydrogens (primary N) is 1. The number of aromatic amines is 1. The number of anilines is 1. The fourth-order valence-electron chi connectivity index (χ4n) is 3.00. The summed E-state index contributed by atoms with van der Waals surface area (Å²) in [6, 6.07) is 5.98. The number of nitrogens with one attached hydrogen (secondary N) is 1. The third-order valence-corrected chi connectivity index (χ3v) is 4.23. The molecule has 0 saturated carbocycles. The molecule has 1 amide bonds. The number of rotatable bonds is 3. The smallest absolute Gasteiger partial charge is 0.408 e. The standard InChI is InChI=1S/C16H23N5O2/c1-11(2)20-7-4-8-21(10-9-20)16-18-12-5-3-6-13(14(12)19-16)23-15(17)22/h3,5-6,11H,4,7-10H2,1-2H3,(H2,17,22)(H,18,19). The summed E-state index contributed by atoms with van der Waals surface area (Å²) in [6.07, 6.45) is 0.268. The molecule has 0 radical (unpaired) electrons. The Morgan fingerprint density at radius 3 is 2.87 bits per heavy atom. The van der Waals surface area contributed by atoms with Crippen molar-refractivity contribution in [2.24, 2.45) is 5.73 Å². The Morgan fingerprint density at radius 1 is 1.30 bits per heavy atom. The van der Waals surface area contributed by atoms with Gasteiger partial charge in [0.2, 0.25) is 5.95 Å². The maximum Gasteiger partial charge on any atom is 0.410 e. The molecule has 1 aliphatic heterocycles. The van der Waals surface area contributed by atoms with E-state index in [9.17, 15) is 4.79 Å². The van der Waals surface area contributed by atoms with Crippen molar-refractivity contribution in [3.05, 3.63) is 18.2 Å². The number of amides is 1. The van der Waals surface area contributed by atoms with Crippen LogP contribution in [0.4, 0.5) is 10.7 Å². The van der Waals surface area contributed by atoms with E-state index in [0.29, 0.717) is 17.3 Å². The van der Waals surface area contributed by atoms with Gasteiger partial charge >= 0.3 is 6.09 Å². The first kappa shape index (κ1) is 15.6. The van der Waals surface area contributed by atoms with E-state index in [0.717, 1.165) is 44.1 Å². The van der Waals surface area contributed by atoms with Gasteiger partial charge in [-0.1, -0.05) is 6.07 Å². The summed E-state index contributed by atoms with van der Waals surface area (Å²) >= 11 is 0. The molecule has 0 spiro atoms. The van der Waals surface area contributed by atoms with Gasteiger partial charge in [-0.15, -0.1) is 0 Å². The van der Waals surface area contributed by atoms with Crippen LogP contribution in [0.15, 0.2) is 18.2 Å². The van der Waals surface area contributed by atoms with E-state index in [-0.39, 0.29) is 0 Å². The molecule has 2 heterocycles. The summed E-state index contributed by atoms with van der Waals surface area (Å²) in [4.78, 5) is 23.7. The van der Waals surface area contributed by atoms with Crippen LogP contribution in [0.25, 0.3) is 11.0 Å². The number of aromatic nitrogens is 2. The molecule has 124 valence electrons. The van der Waals surface area contributed by atoms with E-state index in [4.69, 9.17) is 10.5 Å². The molecule has 1 fully saturated rings. The third-order valence-electron chi connectivity index (χ3n) is 4.23. The molecular weight excluding hydrogens is 294 g/mol. The van der Waals surface area contributed by atoms with Gasteiger partial charge in [0.1, 0.15) is 5.52 Å². The van der Waals surface area contributed by atoms with Crippen LogP contribution in [0.5, 0.6) is 5.75 Å². The molecular formula is C16H23N5O2. The molecule has 0 bridgehead atoms. The fourth-order valence-corrected chi connectivity index (χ4v) is 3.00. The van der Waals surface area contributed by atoms with Gasteiger partial charge in [-0.05, 0) is 32.4 Å². The van der Waals surface area contributed by atoms with Gasteiger partial charge in [-0.2, -0.15) is 0 Å². The van der Waals surface area contributed by atoms with Gasteiger partial charge in [0.15, 0.2) is 5.75 Å². The summed E-state index contributed by atoms with van der Waals surface area (Å²) in [5, 5.41) is 0. The molecule has 23 heavy (non-hydrogen) atoms. The Hall–Kier alpha value is -2.28. The molecule has 3 rings (SSSR count).